The van der Waals surface area contributed by atoms with Crippen LogP contribution in [0.3, 0.4) is 0 Å². The molecule has 0 spiro atoms. The third-order valence-corrected chi connectivity index (χ3v) is 1.95. The Morgan fingerprint density at radius 1 is 1.33 bits per heavy atom. The number of hydrogen-bond donors (Lipinski definition) is 0. The van der Waals surface area contributed by atoms with Crippen molar-refractivity contribution in [3.05, 3.63) is 36.5 Å². The van der Waals surface area contributed by atoms with Crippen molar-refractivity contribution in [2.24, 2.45) is 5.92 Å². The highest BCUT2D eigenvalue weighted by Crippen LogP contribution is 2.21. The van der Waals surface area contributed by atoms with Gasteiger partial charge in [-0.25, -0.2) is 0 Å². The van der Waals surface area contributed by atoms with Gasteiger partial charge in [0.1, 0.15) is 0 Å². The second-order valence-electron chi connectivity index (χ2n) is 3.51. The molecule has 0 saturated heterocycles. The van der Waals surface area contributed by atoms with Crippen LogP contribution in [0.25, 0.3) is 0 Å². The Balaban J connectivity index is 4.04. The quantitative estimate of drug-likeness (QED) is 0.536. The highest BCUT2D eigenvalue weighted by Gasteiger charge is 2.06. The van der Waals surface area contributed by atoms with E-state index in [0.717, 1.165) is 12.8 Å². The van der Waals surface area contributed by atoms with Crippen LogP contribution < -0.4 is 0 Å². The predicted molar refractivity (Wildman–Crippen MR) is 57.2 cm³/mol. The van der Waals surface area contributed by atoms with E-state index in [1.807, 2.05) is 0 Å². The molecule has 0 aromatic rings. The van der Waals surface area contributed by atoms with E-state index in [2.05, 4.69) is 46.1 Å². The van der Waals surface area contributed by atoms with E-state index in [0.29, 0.717) is 5.92 Å². The Morgan fingerprint density at radius 2 is 1.92 bits per heavy atom. The first kappa shape index (κ1) is 11.2. The lowest BCUT2D eigenvalue weighted by Gasteiger charge is -2.14. The third kappa shape index (κ3) is 4.95. The Kier molecular flexibility index (Phi) is 5.44. The van der Waals surface area contributed by atoms with E-state index in [4.69, 9.17) is 0 Å². The molecule has 0 amide bonds. The molecule has 0 nitrogen and oxygen atoms in total. The monoisotopic (exact) mass is 164 g/mol. The normalized spacial score (nSPS) is 13.2. The summed E-state index contributed by atoms with van der Waals surface area (Å²) in [4.78, 5) is 0. The summed E-state index contributed by atoms with van der Waals surface area (Å²) in [5.74, 6) is 0.582. The Labute approximate surface area is 76.7 Å². The van der Waals surface area contributed by atoms with Crippen molar-refractivity contribution in [3.63, 3.8) is 0 Å². The largest absolute Gasteiger partial charge is 0.100 e. The summed E-state index contributed by atoms with van der Waals surface area (Å²) in [5, 5.41) is 0. The minimum absolute atomic E-state index is 0.582. The van der Waals surface area contributed by atoms with Gasteiger partial charge in [0.2, 0.25) is 0 Å². The SMILES string of the molecule is C=C(C)CC(C/C=C/C)C(=C)C. The number of rotatable bonds is 5. The summed E-state index contributed by atoms with van der Waals surface area (Å²) >= 11 is 0. The molecule has 1 unspecified atom stereocenters. The molecule has 0 heteroatoms. The lowest BCUT2D eigenvalue weighted by Crippen LogP contribution is -2.00. The second-order valence-corrected chi connectivity index (χ2v) is 3.51. The summed E-state index contributed by atoms with van der Waals surface area (Å²) in [7, 11) is 0. The second kappa shape index (κ2) is 5.82. The highest BCUT2D eigenvalue weighted by molar-refractivity contribution is 5.05. The molecule has 0 aliphatic rings. The van der Waals surface area contributed by atoms with E-state index in [1.165, 1.54) is 11.1 Å². The van der Waals surface area contributed by atoms with Crippen LogP contribution in [-0.4, -0.2) is 0 Å². The molecule has 0 aromatic heterocycles. The highest BCUT2D eigenvalue weighted by atomic mass is 14.1. The molecule has 0 heterocycles. The van der Waals surface area contributed by atoms with Gasteiger partial charge < -0.3 is 0 Å². The van der Waals surface area contributed by atoms with E-state index in [1.54, 1.807) is 0 Å². The Bertz CT molecular complexity index is 184. The van der Waals surface area contributed by atoms with E-state index in [-0.39, 0.29) is 0 Å². The van der Waals surface area contributed by atoms with Gasteiger partial charge in [0.05, 0.1) is 0 Å². The Morgan fingerprint density at radius 3 is 2.25 bits per heavy atom. The average Bonchev–Trinajstić information content (AvgIpc) is 1.96. The standard InChI is InChI=1S/C12H20/c1-6-7-8-12(11(4)5)9-10(2)3/h6-7,12H,2,4,8-9H2,1,3,5H3/b7-6+. The summed E-state index contributed by atoms with van der Waals surface area (Å²) in [6.45, 7) is 14.1. The topological polar surface area (TPSA) is 0 Å². The van der Waals surface area contributed by atoms with Gasteiger partial charge in [-0.2, -0.15) is 0 Å². The zero-order valence-corrected chi connectivity index (χ0v) is 8.56. The van der Waals surface area contributed by atoms with Crippen molar-refractivity contribution in [2.45, 2.75) is 33.6 Å². The molecule has 0 N–H and O–H groups in total. The molecule has 0 saturated carbocycles. The smallest absolute Gasteiger partial charge is 0.0137 e. The number of hydrogen-bond acceptors (Lipinski definition) is 0. The van der Waals surface area contributed by atoms with Crippen molar-refractivity contribution in [2.75, 3.05) is 0 Å². The van der Waals surface area contributed by atoms with Gasteiger partial charge in [-0.15, -0.1) is 6.58 Å². The molecular weight excluding hydrogens is 144 g/mol. The molecule has 0 fully saturated rings. The van der Waals surface area contributed by atoms with Gasteiger partial charge in [-0.1, -0.05) is 29.9 Å². The van der Waals surface area contributed by atoms with Crippen LogP contribution >= 0.6 is 0 Å². The van der Waals surface area contributed by atoms with Crippen LogP contribution in [0.2, 0.25) is 0 Å². The van der Waals surface area contributed by atoms with Crippen LogP contribution in [0, 0.1) is 5.92 Å². The molecule has 0 radical (unpaired) electrons. The summed E-state index contributed by atoms with van der Waals surface area (Å²) < 4.78 is 0. The van der Waals surface area contributed by atoms with Crippen LogP contribution in [-0.2, 0) is 0 Å². The molecule has 12 heavy (non-hydrogen) atoms. The average molecular weight is 164 g/mol. The third-order valence-electron chi connectivity index (χ3n) is 1.95. The summed E-state index contributed by atoms with van der Waals surface area (Å²) in [5.41, 5.74) is 2.50. The Hall–Kier alpha value is -0.780. The fourth-order valence-corrected chi connectivity index (χ4v) is 1.18. The van der Waals surface area contributed by atoms with E-state index < -0.39 is 0 Å². The molecule has 0 aliphatic heterocycles. The van der Waals surface area contributed by atoms with E-state index >= 15 is 0 Å². The fraction of sp³-hybridized carbons (Fsp3) is 0.500. The van der Waals surface area contributed by atoms with Crippen LogP contribution in [0.5, 0.6) is 0 Å². The van der Waals surface area contributed by atoms with Crippen LogP contribution in [0.15, 0.2) is 36.5 Å². The van der Waals surface area contributed by atoms with Crippen molar-refractivity contribution in [1.29, 1.82) is 0 Å². The van der Waals surface area contributed by atoms with Crippen molar-refractivity contribution < 1.29 is 0 Å². The molecule has 0 rings (SSSR count). The van der Waals surface area contributed by atoms with E-state index in [9.17, 15) is 0 Å². The first-order valence-corrected chi connectivity index (χ1v) is 4.48. The number of allylic oxidation sites excluding steroid dienone is 4. The van der Waals surface area contributed by atoms with Gasteiger partial charge in [0, 0.05) is 0 Å². The van der Waals surface area contributed by atoms with Gasteiger partial charge in [-0.3, -0.25) is 0 Å². The molecule has 0 aliphatic carbocycles. The maximum absolute atomic E-state index is 3.99. The van der Waals surface area contributed by atoms with Crippen LogP contribution in [0.1, 0.15) is 33.6 Å². The molecular formula is C12H20. The summed E-state index contributed by atoms with van der Waals surface area (Å²) in [6, 6.07) is 0. The molecule has 0 aromatic carbocycles. The maximum atomic E-state index is 3.99. The minimum atomic E-state index is 0.582. The van der Waals surface area contributed by atoms with Gasteiger partial charge in [0.15, 0.2) is 0 Å². The molecule has 1 atom stereocenters. The lowest BCUT2D eigenvalue weighted by molar-refractivity contribution is 0.618. The summed E-state index contributed by atoms with van der Waals surface area (Å²) in [6.07, 6.45) is 6.45. The first-order valence-electron chi connectivity index (χ1n) is 4.48. The first-order chi connectivity index (χ1) is 5.57. The zero-order valence-electron chi connectivity index (χ0n) is 8.56. The van der Waals surface area contributed by atoms with Crippen molar-refractivity contribution in [1.82, 2.24) is 0 Å². The van der Waals surface area contributed by atoms with Crippen molar-refractivity contribution in [3.8, 4) is 0 Å². The van der Waals surface area contributed by atoms with Gasteiger partial charge >= 0.3 is 0 Å². The zero-order chi connectivity index (χ0) is 9.56. The maximum Gasteiger partial charge on any atom is -0.0137 e. The lowest BCUT2D eigenvalue weighted by atomic mass is 9.91. The molecule has 68 valence electrons. The minimum Gasteiger partial charge on any atom is -0.100 e. The van der Waals surface area contributed by atoms with Gasteiger partial charge in [-0.05, 0) is 39.5 Å². The predicted octanol–water partition coefficient (Wildman–Crippen LogP) is 4.11. The molecule has 0 bridgehead atoms. The van der Waals surface area contributed by atoms with Crippen molar-refractivity contribution >= 4 is 0 Å². The fourth-order valence-electron chi connectivity index (χ4n) is 1.18. The van der Waals surface area contributed by atoms with Crippen LogP contribution in [0.4, 0.5) is 0 Å². The van der Waals surface area contributed by atoms with Gasteiger partial charge in [0.25, 0.3) is 0 Å².